The Morgan fingerprint density at radius 2 is 1.90 bits per heavy atom. The highest BCUT2D eigenvalue weighted by molar-refractivity contribution is 7.70. The number of nitrogens with two attached hydrogens (primary N) is 1. The number of ether oxygens (including phenoxy) is 2. The van der Waals surface area contributed by atoms with Gasteiger partial charge in [-0.3, -0.25) is 4.79 Å². The molecule has 3 unspecified atom stereocenters. The largest absolute Gasteiger partial charge is 0.491 e. The predicted octanol–water partition coefficient (Wildman–Crippen LogP) is 6.52. The number of anilines is 3. The second-order valence-electron chi connectivity index (χ2n) is 16.4. The van der Waals surface area contributed by atoms with Crippen LogP contribution in [-0.4, -0.2) is 99.7 Å². The van der Waals surface area contributed by atoms with Crippen molar-refractivity contribution in [2.75, 3.05) is 48.6 Å². The van der Waals surface area contributed by atoms with Gasteiger partial charge in [-0.05, 0) is 65.1 Å². The number of benzene rings is 2. The van der Waals surface area contributed by atoms with Crippen LogP contribution in [0.25, 0.3) is 33.5 Å². The summed E-state index contributed by atoms with van der Waals surface area (Å²) in [7, 11) is -2.91. The number of carbonyl (C=O) groups excluding carboxylic acids is 2. The van der Waals surface area contributed by atoms with Crippen LogP contribution in [0.4, 0.5) is 44.2 Å². The van der Waals surface area contributed by atoms with E-state index in [0.29, 0.717) is 58.7 Å². The molecule has 0 radical (unpaired) electrons. The number of H-pyrrole nitrogens is 1. The SMILES string of the molecule is CC(Nc1ccc2c(c1)OCCn1cc(N3C(=O)OCC3C(F)F)nc1-2)C(N)=O.CC1(C)CCC(Nc2ncc(C(F)(F)F)c(-c3c[nH]c4c(P(C)(C)=O)c(C#N)ccc34)n2)CN1. The molecule has 5 aromatic rings. The van der Waals surface area contributed by atoms with Crippen LogP contribution in [0.15, 0.2) is 48.9 Å². The minimum atomic E-state index is -4.67. The van der Waals surface area contributed by atoms with Crippen LogP contribution in [0.1, 0.15) is 44.7 Å². The smallest absolute Gasteiger partial charge is 0.419 e. The first-order valence-electron chi connectivity index (χ1n) is 19.9. The summed E-state index contributed by atoms with van der Waals surface area (Å²) in [5.41, 5.74) is 6.11. The number of nitrogens with zero attached hydrogens (tertiary/aromatic N) is 6. The van der Waals surface area contributed by atoms with Crippen molar-refractivity contribution in [3.8, 4) is 34.5 Å². The van der Waals surface area contributed by atoms with Crippen molar-refractivity contribution in [1.82, 2.24) is 29.8 Å². The zero-order valence-corrected chi connectivity index (χ0v) is 35.7. The maximum Gasteiger partial charge on any atom is 0.419 e. The Labute approximate surface area is 358 Å². The van der Waals surface area contributed by atoms with Gasteiger partial charge in [0, 0.05) is 59.4 Å². The van der Waals surface area contributed by atoms with E-state index in [9.17, 15) is 41.4 Å². The van der Waals surface area contributed by atoms with Gasteiger partial charge in [-0.2, -0.15) is 18.4 Å². The highest BCUT2D eigenvalue weighted by Gasteiger charge is 2.42. The van der Waals surface area contributed by atoms with E-state index in [0.717, 1.165) is 23.9 Å². The van der Waals surface area contributed by atoms with Crippen LogP contribution < -0.4 is 36.6 Å². The zero-order valence-electron chi connectivity index (χ0n) is 34.8. The monoisotopic (exact) mass is 897 g/mol. The number of amides is 2. The molecule has 6 heterocycles. The molecule has 63 heavy (non-hydrogen) atoms. The minimum absolute atomic E-state index is 0.00631. The summed E-state index contributed by atoms with van der Waals surface area (Å²) in [6, 6.07) is 8.29. The lowest BCUT2D eigenvalue weighted by Crippen LogP contribution is -2.50. The molecular formula is C41H45F5N11O5P. The number of cyclic esters (lactones) is 1. The van der Waals surface area contributed by atoms with E-state index in [2.05, 4.69) is 49.7 Å². The zero-order chi connectivity index (χ0) is 45.6. The molecule has 3 aromatic heterocycles. The Kier molecular flexibility index (Phi) is 12.2. The highest BCUT2D eigenvalue weighted by atomic mass is 31.2. The topological polar surface area (TPSA) is 218 Å². The summed E-state index contributed by atoms with van der Waals surface area (Å²) in [4.78, 5) is 39.7. The van der Waals surface area contributed by atoms with Gasteiger partial charge in [-0.25, -0.2) is 33.4 Å². The summed E-state index contributed by atoms with van der Waals surface area (Å²) in [6.45, 7) is 9.88. The molecule has 2 fully saturated rings. The number of nitrogens with one attached hydrogen (secondary N) is 4. The van der Waals surface area contributed by atoms with Gasteiger partial charge in [0.1, 0.15) is 49.6 Å². The van der Waals surface area contributed by atoms with Gasteiger partial charge in [0.25, 0.3) is 6.43 Å². The van der Waals surface area contributed by atoms with E-state index in [1.54, 1.807) is 35.8 Å². The molecule has 16 nitrogen and oxygen atoms in total. The Hall–Kier alpha value is -6.26. The number of primary amides is 1. The molecule has 0 saturated carbocycles. The molecule has 2 aromatic carbocycles. The lowest BCUT2D eigenvalue weighted by molar-refractivity contribution is -0.137. The lowest BCUT2D eigenvalue weighted by atomic mass is 9.91. The standard InChI is InChI=1S/C23H26F3N6OP.C18H19F2N5O4/c1-22(2)8-7-14(10-30-22)31-21-29-12-17(23(24,25)26)18(32-21)16-11-28-19-15(16)6-5-13(9-27)20(19)34(3,4)33;1-9(16(21)26)22-10-2-3-11-13(6-10)28-5-4-24-7-14(23-17(11)24)25-12(15(19)20)8-29-18(25)27/h5-6,11-12,14,28,30H,7-8,10H2,1-4H3,(H,29,31,32);2-3,6-7,9,12,15,22H,4-5,8H2,1H3,(H2,21,26). The lowest BCUT2D eigenvalue weighted by Gasteiger charge is -2.36. The molecule has 0 spiro atoms. The van der Waals surface area contributed by atoms with E-state index >= 15 is 0 Å². The molecule has 8 rings (SSSR count). The summed E-state index contributed by atoms with van der Waals surface area (Å²) in [5.74, 6) is 0.707. The number of alkyl halides is 5. The van der Waals surface area contributed by atoms with Gasteiger partial charge < -0.3 is 45.3 Å². The first kappa shape index (κ1) is 44.8. The molecule has 3 atom stereocenters. The molecule has 2 saturated heterocycles. The molecule has 3 aliphatic rings. The number of fused-ring (bicyclic) bond motifs is 4. The van der Waals surface area contributed by atoms with Crippen molar-refractivity contribution in [3.63, 3.8) is 0 Å². The van der Waals surface area contributed by atoms with Crippen molar-refractivity contribution in [2.24, 2.45) is 5.73 Å². The number of imidazole rings is 1. The van der Waals surface area contributed by atoms with Gasteiger partial charge in [-0.15, -0.1) is 0 Å². The predicted molar refractivity (Wildman–Crippen MR) is 226 cm³/mol. The third kappa shape index (κ3) is 9.42. The molecule has 22 heteroatoms. The molecule has 334 valence electrons. The molecule has 0 bridgehead atoms. The Balaban J connectivity index is 0.000000191. The van der Waals surface area contributed by atoms with Gasteiger partial charge in [-0.1, -0.05) is 6.07 Å². The molecule has 6 N–H and O–H groups in total. The normalized spacial score (nSPS) is 18.8. The second kappa shape index (κ2) is 17.1. The van der Waals surface area contributed by atoms with Crippen LogP contribution in [0, 0.1) is 11.3 Å². The fourth-order valence-electron chi connectivity index (χ4n) is 7.60. The Morgan fingerprint density at radius 1 is 1.14 bits per heavy atom. The minimum Gasteiger partial charge on any atom is -0.491 e. The summed E-state index contributed by atoms with van der Waals surface area (Å²) >= 11 is 0. The number of rotatable bonds is 9. The van der Waals surface area contributed by atoms with E-state index in [-0.39, 0.29) is 46.8 Å². The summed E-state index contributed by atoms with van der Waals surface area (Å²) < 4.78 is 93.4. The van der Waals surface area contributed by atoms with Crippen LogP contribution in [0.3, 0.4) is 0 Å². The number of carbonyl (C=O) groups is 2. The van der Waals surface area contributed by atoms with Gasteiger partial charge in [0.05, 0.1) is 40.3 Å². The first-order valence-corrected chi connectivity index (χ1v) is 22.5. The number of hydrogen-bond acceptors (Lipinski definition) is 12. The van der Waals surface area contributed by atoms with Crippen LogP contribution in [0.2, 0.25) is 0 Å². The highest BCUT2D eigenvalue weighted by Crippen LogP contribution is 2.43. The molecular weight excluding hydrogens is 852 g/mol. The van der Waals surface area contributed by atoms with Crippen LogP contribution in [-0.2, 0) is 26.8 Å². The van der Waals surface area contributed by atoms with Gasteiger partial charge in [0.2, 0.25) is 11.9 Å². The van der Waals surface area contributed by atoms with E-state index in [1.165, 1.54) is 31.8 Å². The summed E-state index contributed by atoms with van der Waals surface area (Å²) in [6.07, 6.45) is -2.80. The fourth-order valence-corrected chi connectivity index (χ4v) is 9.03. The average molecular weight is 898 g/mol. The number of halogens is 5. The fraction of sp³-hybridized carbons (Fsp3) is 0.415. The Bertz CT molecular complexity index is 2650. The number of aromatic nitrogens is 5. The van der Waals surface area contributed by atoms with Crippen LogP contribution >= 0.6 is 7.14 Å². The number of nitriles is 1. The maximum absolute atomic E-state index is 13.9. The van der Waals surface area contributed by atoms with E-state index in [1.807, 2.05) is 6.07 Å². The maximum atomic E-state index is 13.9. The van der Waals surface area contributed by atoms with E-state index in [4.69, 9.17) is 15.2 Å². The van der Waals surface area contributed by atoms with Gasteiger partial charge >= 0.3 is 12.3 Å². The molecule has 0 aliphatic carbocycles. The third-order valence-corrected chi connectivity index (χ3v) is 12.5. The number of piperidine rings is 1. The van der Waals surface area contributed by atoms with Crippen LogP contribution in [0.5, 0.6) is 5.75 Å². The molecule has 3 aliphatic heterocycles. The van der Waals surface area contributed by atoms with Gasteiger partial charge in [0.15, 0.2) is 5.82 Å². The average Bonchev–Trinajstić information content (AvgIpc) is 3.92. The number of aromatic amines is 1. The van der Waals surface area contributed by atoms with Crippen molar-refractivity contribution >= 4 is 52.8 Å². The second-order valence-corrected chi connectivity index (χ2v) is 19.6. The first-order chi connectivity index (χ1) is 29.6. The van der Waals surface area contributed by atoms with Crippen molar-refractivity contribution in [1.29, 1.82) is 5.26 Å². The third-order valence-electron chi connectivity index (χ3n) is 10.9. The quantitative estimate of drug-likeness (QED) is 0.0789. The Morgan fingerprint density at radius 3 is 2.56 bits per heavy atom. The van der Waals surface area contributed by atoms with Crippen molar-refractivity contribution in [3.05, 3.63) is 60.0 Å². The summed E-state index contributed by atoms with van der Waals surface area (Å²) in [5, 5.41) is 19.7. The van der Waals surface area contributed by atoms with E-state index < -0.39 is 49.4 Å². The number of hydrogen-bond donors (Lipinski definition) is 5. The van der Waals surface area contributed by atoms with Crippen molar-refractivity contribution < 1.29 is 45.6 Å². The van der Waals surface area contributed by atoms with Crippen molar-refractivity contribution in [2.45, 2.75) is 76.4 Å². The molecule has 2 amide bonds.